The molecule has 80 valence electrons. The predicted octanol–water partition coefficient (Wildman–Crippen LogP) is 1.94. The van der Waals surface area contributed by atoms with E-state index in [-0.39, 0.29) is 12.2 Å². The standard InChI is InChI=1S/C10H15BrO3/c1-4-5-6(11)7(12)9-8(5)13-10(2,3)14-9/h7-9,12H,4H2,1-3H3/t7-,8+,9-/m0/s1. The summed E-state index contributed by atoms with van der Waals surface area (Å²) in [5, 5.41) is 9.89. The minimum absolute atomic E-state index is 0.0839. The third kappa shape index (κ3) is 1.45. The summed E-state index contributed by atoms with van der Waals surface area (Å²) in [7, 11) is 0. The fourth-order valence-electron chi connectivity index (χ4n) is 2.13. The molecule has 1 heterocycles. The molecule has 0 radical (unpaired) electrons. The molecule has 4 heteroatoms. The van der Waals surface area contributed by atoms with Crippen LogP contribution >= 0.6 is 15.9 Å². The Bertz CT molecular complexity index is 285. The number of rotatable bonds is 1. The maximum Gasteiger partial charge on any atom is 0.164 e. The van der Waals surface area contributed by atoms with Crippen LogP contribution in [-0.4, -0.2) is 29.2 Å². The highest BCUT2D eigenvalue weighted by Crippen LogP contribution is 2.44. The lowest BCUT2D eigenvalue weighted by atomic mass is 10.1. The van der Waals surface area contributed by atoms with Gasteiger partial charge in [0.25, 0.3) is 0 Å². The predicted molar refractivity (Wildman–Crippen MR) is 56.1 cm³/mol. The number of hydrogen-bond acceptors (Lipinski definition) is 3. The van der Waals surface area contributed by atoms with Crippen molar-refractivity contribution in [3.63, 3.8) is 0 Å². The summed E-state index contributed by atoms with van der Waals surface area (Å²) in [5.41, 5.74) is 1.12. The monoisotopic (exact) mass is 262 g/mol. The zero-order chi connectivity index (χ0) is 10.5. The molecule has 0 aromatic heterocycles. The van der Waals surface area contributed by atoms with Crippen LogP contribution in [0.5, 0.6) is 0 Å². The summed E-state index contributed by atoms with van der Waals surface area (Å²) in [6.07, 6.45) is -0.0245. The molecule has 0 bridgehead atoms. The third-order valence-corrected chi connectivity index (χ3v) is 3.71. The van der Waals surface area contributed by atoms with Gasteiger partial charge in [0, 0.05) is 4.48 Å². The zero-order valence-electron chi connectivity index (χ0n) is 8.58. The molecule has 2 aliphatic rings. The van der Waals surface area contributed by atoms with E-state index in [4.69, 9.17) is 9.47 Å². The lowest BCUT2D eigenvalue weighted by Gasteiger charge is -2.20. The van der Waals surface area contributed by atoms with Gasteiger partial charge >= 0.3 is 0 Å². The van der Waals surface area contributed by atoms with Gasteiger partial charge in [-0.15, -0.1) is 0 Å². The van der Waals surface area contributed by atoms with E-state index in [1.165, 1.54) is 0 Å². The maximum absolute atomic E-state index is 9.89. The summed E-state index contributed by atoms with van der Waals surface area (Å²) < 4.78 is 12.2. The Balaban J connectivity index is 2.28. The van der Waals surface area contributed by atoms with E-state index >= 15 is 0 Å². The average molecular weight is 263 g/mol. The lowest BCUT2D eigenvalue weighted by molar-refractivity contribution is -0.153. The largest absolute Gasteiger partial charge is 0.385 e. The molecule has 0 aromatic carbocycles. The Morgan fingerprint density at radius 2 is 2.07 bits per heavy atom. The SMILES string of the molecule is CCC1=C(Br)[C@H](O)[C@@H]2OC(C)(C)O[C@H]12. The van der Waals surface area contributed by atoms with Crippen LogP contribution in [0.2, 0.25) is 0 Å². The number of aliphatic hydroxyl groups is 1. The van der Waals surface area contributed by atoms with Crippen LogP contribution in [0, 0.1) is 0 Å². The third-order valence-electron chi connectivity index (χ3n) is 2.73. The van der Waals surface area contributed by atoms with Crippen molar-refractivity contribution in [2.45, 2.75) is 51.3 Å². The molecule has 3 nitrogen and oxygen atoms in total. The maximum atomic E-state index is 9.89. The second kappa shape index (κ2) is 3.30. The Morgan fingerprint density at radius 1 is 1.43 bits per heavy atom. The molecule has 0 aromatic rings. The van der Waals surface area contributed by atoms with E-state index in [9.17, 15) is 5.11 Å². The normalized spacial score (nSPS) is 40.5. The van der Waals surface area contributed by atoms with Gasteiger partial charge < -0.3 is 14.6 Å². The quantitative estimate of drug-likeness (QED) is 0.785. The minimum atomic E-state index is -0.579. The van der Waals surface area contributed by atoms with E-state index in [2.05, 4.69) is 22.9 Å². The van der Waals surface area contributed by atoms with Gasteiger partial charge in [-0.3, -0.25) is 0 Å². The van der Waals surface area contributed by atoms with E-state index in [0.29, 0.717) is 0 Å². The van der Waals surface area contributed by atoms with Crippen molar-refractivity contribution in [1.29, 1.82) is 0 Å². The van der Waals surface area contributed by atoms with Gasteiger partial charge in [-0.05, 0) is 25.8 Å². The molecule has 1 fully saturated rings. The average Bonchev–Trinajstić information content (AvgIpc) is 2.50. The van der Waals surface area contributed by atoms with Crippen molar-refractivity contribution in [3.05, 3.63) is 10.1 Å². The van der Waals surface area contributed by atoms with Crippen LogP contribution in [0.3, 0.4) is 0 Å². The zero-order valence-corrected chi connectivity index (χ0v) is 10.2. The Hall–Kier alpha value is 0.1000. The fraction of sp³-hybridized carbons (Fsp3) is 0.800. The second-order valence-corrected chi connectivity index (χ2v) is 5.05. The molecular formula is C10H15BrO3. The van der Waals surface area contributed by atoms with Crippen LogP contribution < -0.4 is 0 Å². The van der Waals surface area contributed by atoms with Crippen LogP contribution in [0.25, 0.3) is 0 Å². The van der Waals surface area contributed by atoms with Gasteiger partial charge in [0.1, 0.15) is 18.3 Å². The Kier molecular flexibility index (Phi) is 2.50. The van der Waals surface area contributed by atoms with Crippen LogP contribution in [0.15, 0.2) is 10.1 Å². The van der Waals surface area contributed by atoms with Crippen molar-refractivity contribution < 1.29 is 14.6 Å². The fourth-order valence-corrected chi connectivity index (χ4v) is 2.90. The summed E-state index contributed by atoms with van der Waals surface area (Å²) in [5.74, 6) is -0.579. The summed E-state index contributed by atoms with van der Waals surface area (Å²) in [6, 6.07) is 0. The van der Waals surface area contributed by atoms with Crippen LogP contribution in [0.1, 0.15) is 27.2 Å². The molecule has 1 N–H and O–H groups in total. The Labute approximate surface area is 92.2 Å². The van der Waals surface area contributed by atoms with Gasteiger partial charge in [0.05, 0.1) is 0 Å². The molecule has 0 spiro atoms. The van der Waals surface area contributed by atoms with Crippen molar-refractivity contribution in [2.24, 2.45) is 0 Å². The number of hydrogen-bond donors (Lipinski definition) is 1. The van der Waals surface area contributed by atoms with Gasteiger partial charge in [-0.2, -0.15) is 0 Å². The van der Waals surface area contributed by atoms with E-state index in [1.54, 1.807) is 0 Å². The summed E-state index contributed by atoms with van der Waals surface area (Å²) in [4.78, 5) is 0. The molecule has 0 unspecified atom stereocenters. The van der Waals surface area contributed by atoms with Gasteiger partial charge in [-0.25, -0.2) is 0 Å². The Morgan fingerprint density at radius 3 is 2.64 bits per heavy atom. The van der Waals surface area contributed by atoms with E-state index in [1.807, 2.05) is 13.8 Å². The first-order valence-corrected chi connectivity index (χ1v) is 5.67. The van der Waals surface area contributed by atoms with Gasteiger partial charge in [-0.1, -0.05) is 22.9 Å². The first-order chi connectivity index (χ1) is 6.46. The number of fused-ring (bicyclic) bond motifs is 1. The molecular weight excluding hydrogens is 248 g/mol. The van der Waals surface area contributed by atoms with E-state index in [0.717, 1.165) is 16.5 Å². The highest BCUT2D eigenvalue weighted by molar-refractivity contribution is 9.11. The highest BCUT2D eigenvalue weighted by Gasteiger charge is 2.51. The van der Waals surface area contributed by atoms with Crippen molar-refractivity contribution in [2.75, 3.05) is 0 Å². The second-order valence-electron chi connectivity index (χ2n) is 4.19. The summed E-state index contributed by atoms with van der Waals surface area (Å²) in [6.45, 7) is 5.80. The first-order valence-electron chi connectivity index (χ1n) is 4.88. The van der Waals surface area contributed by atoms with Crippen molar-refractivity contribution >= 4 is 15.9 Å². The van der Waals surface area contributed by atoms with Crippen LogP contribution in [-0.2, 0) is 9.47 Å². The number of aliphatic hydroxyl groups excluding tert-OH is 1. The molecule has 0 amide bonds. The highest BCUT2D eigenvalue weighted by atomic mass is 79.9. The van der Waals surface area contributed by atoms with Gasteiger partial charge in [0.2, 0.25) is 0 Å². The topological polar surface area (TPSA) is 38.7 Å². The van der Waals surface area contributed by atoms with E-state index < -0.39 is 11.9 Å². The van der Waals surface area contributed by atoms with Gasteiger partial charge in [0.15, 0.2) is 5.79 Å². The lowest BCUT2D eigenvalue weighted by Crippen LogP contribution is -2.30. The molecule has 0 saturated carbocycles. The molecule has 1 aliphatic heterocycles. The molecule has 1 saturated heterocycles. The van der Waals surface area contributed by atoms with Crippen molar-refractivity contribution in [1.82, 2.24) is 0 Å². The molecule has 14 heavy (non-hydrogen) atoms. The minimum Gasteiger partial charge on any atom is -0.385 e. The first kappa shape index (κ1) is 10.6. The molecule has 2 rings (SSSR count). The molecule has 1 aliphatic carbocycles. The molecule has 3 atom stereocenters. The smallest absolute Gasteiger partial charge is 0.164 e. The summed E-state index contributed by atoms with van der Waals surface area (Å²) >= 11 is 3.39. The van der Waals surface area contributed by atoms with Crippen molar-refractivity contribution in [3.8, 4) is 0 Å². The number of halogens is 1. The number of ether oxygens (including phenoxy) is 2. The van der Waals surface area contributed by atoms with Crippen LogP contribution in [0.4, 0.5) is 0 Å².